The summed E-state index contributed by atoms with van der Waals surface area (Å²) in [7, 11) is 0. The smallest absolute Gasteiger partial charge is 0.252 e. The van der Waals surface area contributed by atoms with Gasteiger partial charge in [-0.3, -0.25) is 24.3 Å². The van der Waals surface area contributed by atoms with Gasteiger partial charge in [0.15, 0.2) is 0 Å². The number of aliphatic hydroxyl groups is 1. The maximum absolute atomic E-state index is 14.3. The van der Waals surface area contributed by atoms with Gasteiger partial charge < -0.3 is 5.11 Å². The second-order valence-corrected chi connectivity index (χ2v) is 9.65. The number of piperazine rings is 1. The monoisotopic (exact) mass is 435 g/mol. The first-order chi connectivity index (χ1) is 15.5. The van der Waals surface area contributed by atoms with Gasteiger partial charge in [-0.15, -0.1) is 0 Å². The van der Waals surface area contributed by atoms with Crippen LogP contribution in [0.4, 0.5) is 4.39 Å². The Morgan fingerprint density at radius 2 is 1.66 bits per heavy atom. The number of benzene rings is 2. The maximum Gasteiger partial charge on any atom is 0.252 e. The molecule has 2 aromatic carbocycles. The van der Waals surface area contributed by atoms with Crippen LogP contribution in [0.3, 0.4) is 0 Å². The van der Waals surface area contributed by atoms with Crippen LogP contribution in [-0.2, 0) is 29.0 Å². The molecule has 3 saturated heterocycles. The van der Waals surface area contributed by atoms with Gasteiger partial charge >= 0.3 is 0 Å². The number of likely N-dealkylation sites (tertiary alicyclic amines) is 1. The van der Waals surface area contributed by atoms with Crippen molar-refractivity contribution in [1.29, 1.82) is 0 Å². The first kappa shape index (κ1) is 20.0. The third-order valence-corrected chi connectivity index (χ3v) is 7.78. The molecule has 2 atom stereocenters. The third kappa shape index (κ3) is 2.88. The molecule has 32 heavy (non-hydrogen) atoms. The highest BCUT2D eigenvalue weighted by molar-refractivity contribution is 6.06. The quantitative estimate of drug-likeness (QED) is 0.738. The molecule has 1 spiro atoms. The van der Waals surface area contributed by atoms with E-state index in [0.29, 0.717) is 37.7 Å². The standard InChI is InChI=1S/C25H26FN3O3/c26-21-8-4-3-7-18(21)12-28-23(31)22-11-20(30)13-29(22)25(24(28)32)14-27(15-25)19-9-16-5-1-2-6-17(16)10-19/h1-8,19-20,22,30H,9-15H2. The van der Waals surface area contributed by atoms with Crippen molar-refractivity contribution in [2.75, 3.05) is 19.6 Å². The molecule has 1 aliphatic carbocycles. The van der Waals surface area contributed by atoms with Crippen molar-refractivity contribution >= 4 is 11.8 Å². The third-order valence-electron chi connectivity index (χ3n) is 7.78. The summed E-state index contributed by atoms with van der Waals surface area (Å²) in [5, 5.41) is 10.3. The lowest BCUT2D eigenvalue weighted by Crippen LogP contribution is -2.82. The van der Waals surface area contributed by atoms with E-state index in [0.717, 1.165) is 12.8 Å². The second-order valence-electron chi connectivity index (χ2n) is 9.65. The normalized spacial score (nSPS) is 27.6. The number of imide groups is 1. The number of hydrogen-bond acceptors (Lipinski definition) is 5. The van der Waals surface area contributed by atoms with Crippen LogP contribution in [0.5, 0.6) is 0 Å². The van der Waals surface area contributed by atoms with Crippen LogP contribution in [0.2, 0.25) is 0 Å². The topological polar surface area (TPSA) is 64.1 Å². The Balaban J connectivity index is 1.27. The Kier molecular flexibility index (Phi) is 4.51. The van der Waals surface area contributed by atoms with E-state index in [-0.39, 0.29) is 18.4 Å². The molecule has 2 aromatic rings. The van der Waals surface area contributed by atoms with Gasteiger partial charge in [0.2, 0.25) is 5.91 Å². The fraction of sp³-hybridized carbons (Fsp3) is 0.440. The van der Waals surface area contributed by atoms with E-state index in [1.165, 1.54) is 22.1 Å². The van der Waals surface area contributed by atoms with E-state index in [1.807, 2.05) is 4.90 Å². The molecule has 1 N–H and O–H groups in total. The van der Waals surface area contributed by atoms with Crippen LogP contribution in [0.1, 0.15) is 23.1 Å². The Hall–Kier alpha value is -2.61. The zero-order chi connectivity index (χ0) is 22.0. The lowest BCUT2D eigenvalue weighted by Gasteiger charge is -2.60. The molecule has 6 rings (SSSR count). The largest absolute Gasteiger partial charge is 0.392 e. The van der Waals surface area contributed by atoms with Gasteiger partial charge in [-0.05, 0) is 36.5 Å². The van der Waals surface area contributed by atoms with Gasteiger partial charge in [0.1, 0.15) is 11.4 Å². The molecule has 2 amide bonds. The van der Waals surface area contributed by atoms with Crippen LogP contribution in [0, 0.1) is 5.82 Å². The van der Waals surface area contributed by atoms with Crippen LogP contribution in [0.25, 0.3) is 0 Å². The molecule has 0 radical (unpaired) electrons. The van der Waals surface area contributed by atoms with Gasteiger partial charge in [-0.2, -0.15) is 0 Å². The van der Waals surface area contributed by atoms with Crippen molar-refractivity contribution in [1.82, 2.24) is 14.7 Å². The predicted molar refractivity (Wildman–Crippen MR) is 115 cm³/mol. The van der Waals surface area contributed by atoms with E-state index in [4.69, 9.17) is 0 Å². The first-order valence-corrected chi connectivity index (χ1v) is 11.3. The minimum Gasteiger partial charge on any atom is -0.392 e. The molecular weight excluding hydrogens is 409 g/mol. The van der Waals surface area contributed by atoms with E-state index in [9.17, 15) is 19.1 Å². The minimum atomic E-state index is -0.823. The number of carbonyl (C=O) groups excluding carboxylic acids is 2. The highest BCUT2D eigenvalue weighted by Gasteiger charge is 2.65. The molecule has 3 aliphatic heterocycles. The van der Waals surface area contributed by atoms with Crippen LogP contribution >= 0.6 is 0 Å². The van der Waals surface area contributed by atoms with Crippen LogP contribution in [-0.4, -0.2) is 75.0 Å². The Morgan fingerprint density at radius 3 is 2.34 bits per heavy atom. The first-order valence-electron chi connectivity index (χ1n) is 11.3. The molecule has 0 aromatic heterocycles. The number of aliphatic hydroxyl groups excluding tert-OH is 1. The summed E-state index contributed by atoms with van der Waals surface area (Å²) in [5.74, 6) is -1.01. The summed E-state index contributed by atoms with van der Waals surface area (Å²) < 4.78 is 14.3. The van der Waals surface area contributed by atoms with E-state index >= 15 is 0 Å². The van der Waals surface area contributed by atoms with Crippen molar-refractivity contribution in [3.8, 4) is 0 Å². The molecular formula is C25H26FN3O3. The van der Waals surface area contributed by atoms with Crippen molar-refractivity contribution in [2.24, 2.45) is 0 Å². The zero-order valence-corrected chi connectivity index (χ0v) is 17.8. The van der Waals surface area contributed by atoms with Gasteiger partial charge in [0.25, 0.3) is 5.91 Å². The van der Waals surface area contributed by atoms with Crippen LogP contribution in [0.15, 0.2) is 48.5 Å². The average molecular weight is 435 g/mol. The number of carbonyl (C=O) groups is 2. The van der Waals surface area contributed by atoms with Crippen molar-refractivity contribution in [2.45, 2.75) is 49.5 Å². The highest BCUT2D eigenvalue weighted by atomic mass is 19.1. The molecule has 7 heteroatoms. The summed E-state index contributed by atoms with van der Waals surface area (Å²) in [6, 6.07) is 14.5. The number of hydrogen-bond donors (Lipinski definition) is 1. The molecule has 4 aliphatic rings. The Bertz CT molecular complexity index is 1070. The molecule has 0 saturated carbocycles. The second kappa shape index (κ2) is 7.20. The fourth-order valence-corrected chi connectivity index (χ4v) is 6.12. The number of amides is 2. The van der Waals surface area contributed by atoms with Gasteiger partial charge in [-0.25, -0.2) is 4.39 Å². The zero-order valence-electron chi connectivity index (χ0n) is 17.8. The molecule has 0 bridgehead atoms. The van der Waals surface area contributed by atoms with E-state index in [1.54, 1.807) is 18.2 Å². The summed E-state index contributed by atoms with van der Waals surface area (Å²) >= 11 is 0. The minimum absolute atomic E-state index is 0.0681. The summed E-state index contributed by atoms with van der Waals surface area (Å²) in [6.07, 6.45) is 1.61. The number of rotatable bonds is 3. The van der Waals surface area contributed by atoms with Gasteiger partial charge in [0.05, 0.1) is 18.7 Å². The summed E-state index contributed by atoms with van der Waals surface area (Å²) in [4.78, 5) is 32.4. The van der Waals surface area contributed by atoms with E-state index < -0.39 is 23.5 Å². The Labute approximate surface area is 186 Å². The summed E-state index contributed by atoms with van der Waals surface area (Å²) in [5.41, 5.74) is 2.23. The summed E-state index contributed by atoms with van der Waals surface area (Å²) in [6.45, 7) is 1.33. The van der Waals surface area contributed by atoms with Crippen LogP contribution < -0.4 is 0 Å². The number of β-amino-alcohol motifs (C(OH)–C–C–N with tert-alkyl or cyclic N) is 1. The van der Waals surface area contributed by atoms with Crippen molar-refractivity contribution in [3.05, 3.63) is 71.0 Å². The SMILES string of the molecule is O=C1C2CC(O)CN2C2(CN(C3Cc4ccccc4C3)C2)C(=O)N1Cc1ccccc1F. The van der Waals surface area contributed by atoms with Crippen molar-refractivity contribution in [3.63, 3.8) is 0 Å². The molecule has 3 heterocycles. The lowest BCUT2D eigenvalue weighted by atomic mass is 9.81. The van der Waals surface area contributed by atoms with Gasteiger partial charge in [-0.1, -0.05) is 42.5 Å². The average Bonchev–Trinajstić information content (AvgIpc) is 3.35. The number of nitrogens with zero attached hydrogens (tertiary/aromatic N) is 3. The maximum atomic E-state index is 14.3. The fourth-order valence-electron chi connectivity index (χ4n) is 6.12. The van der Waals surface area contributed by atoms with E-state index in [2.05, 4.69) is 29.2 Å². The number of fused-ring (bicyclic) bond motifs is 3. The molecule has 2 unspecified atom stereocenters. The number of halogens is 1. The molecule has 3 fully saturated rings. The highest BCUT2D eigenvalue weighted by Crippen LogP contribution is 2.43. The predicted octanol–water partition coefficient (Wildman–Crippen LogP) is 1.35. The van der Waals surface area contributed by atoms with Gasteiger partial charge in [0, 0.05) is 31.2 Å². The molecule has 6 nitrogen and oxygen atoms in total. The lowest BCUT2D eigenvalue weighted by molar-refractivity contribution is -0.183. The Morgan fingerprint density at radius 1 is 1.00 bits per heavy atom. The van der Waals surface area contributed by atoms with Crippen molar-refractivity contribution < 1.29 is 19.1 Å². The molecule has 166 valence electrons.